The van der Waals surface area contributed by atoms with Gasteiger partial charge in [-0.05, 0) is 42.5 Å². The number of nitrogens with zero attached hydrogens (tertiary/aromatic N) is 2. The first-order chi connectivity index (χ1) is 14.7. The third-order valence-corrected chi connectivity index (χ3v) is 5.51. The second-order valence-corrected chi connectivity index (χ2v) is 7.60. The predicted octanol–water partition coefficient (Wildman–Crippen LogP) is 5.12. The molecule has 5 nitrogen and oxygen atoms in total. The summed E-state index contributed by atoms with van der Waals surface area (Å²) >= 11 is 0. The Balaban J connectivity index is 1.30. The molecule has 0 aliphatic heterocycles. The van der Waals surface area contributed by atoms with Crippen LogP contribution in [-0.4, -0.2) is 28.3 Å². The molecule has 0 spiro atoms. The lowest BCUT2D eigenvalue weighted by molar-refractivity contribution is -0.136. The minimum absolute atomic E-state index is 0.211. The van der Waals surface area contributed by atoms with Crippen LogP contribution in [0.2, 0.25) is 0 Å². The summed E-state index contributed by atoms with van der Waals surface area (Å²) in [6, 6.07) is 15.2. The van der Waals surface area contributed by atoms with Crippen LogP contribution in [0.4, 0.5) is 0 Å². The van der Waals surface area contributed by atoms with Gasteiger partial charge in [-0.15, -0.1) is 0 Å². The average Bonchev–Trinajstić information content (AvgIpc) is 2.81. The van der Waals surface area contributed by atoms with E-state index in [1.54, 1.807) is 6.20 Å². The van der Waals surface area contributed by atoms with Gasteiger partial charge in [0.2, 0.25) is 0 Å². The van der Waals surface area contributed by atoms with Gasteiger partial charge < -0.3 is 4.74 Å². The topological polar surface area (TPSA) is 69.2 Å². The maximum absolute atomic E-state index is 12.3. The number of hydrogen-bond acceptors (Lipinski definition) is 5. The molecule has 1 aliphatic rings. The van der Waals surface area contributed by atoms with E-state index in [-0.39, 0.29) is 12.4 Å². The molecule has 4 rings (SSSR count). The van der Waals surface area contributed by atoms with Gasteiger partial charge in [0.25, 0.3) is 0 Å². The quantitative estimate of drug-likeness (QED) is 0.326. The normalized spacial score (nSPS) is 14.8. The van der Waals surface area contributed by atoms with Crippen molar-refractivity contribution in [1.29, 1.82) is 0 Å². The summed E-state index contributed by atoms with van der Waals surface area (Å²) in [5.74, 6) is -0.196. The lowest BCUT2D eigenvalue weighted by Crippen LogP contribution is -2.13. The van der Waals surface area contributed by atoms with Crippen LogP contribution < -0.4 is 0 Å². The average molecular weight is 400 g/mol. The van der Waals surface area contributed by atoms with Gasteiger partial charge in [-0.1, -0.05) is 55.7 Å². The Labute approximate surface area is 175 Å². The molecule has 0 radical (unpaired) electrons. The monoisotopic (exact) mass is 400 g/mol. The number of benzene rings is 2. The summed E-state index contributed by atoms with van der Waals surface area (Å²) in [5, 5.41) is 0. The molecule has 0 atom stereocenters. The van der Waals surface area contributed by atoms with Crippen LogP contribution >= 0.6 is 0 Å². The molecule has 0 unspecified atom stereocenters. The van der Waals surface area contributed by atoms with Crippen molar-refractivity contribution < 1.29 is 14.3 Å². The smallest absolute Gasteiger partial charge is 0.331 e. The Morgan fingerprint density at radius 2 is 1.70 bits per heavy atom. The number of ether oxygens (including phenoxy) is 1. The maximum Gasteiger partial charge on any atom is 0.331 e. The summed E-state index contributed by atoms with van der Waals surface area (Å²) in [5.41, 5.74) is 3.95. The highest BCUT2D eigenvalue weighted by atomic mass is 16.5. The Morgan fingerprint density at radius 1 is 0.967 bits per heavy atom. The molecule has 1 heterocycles. The minimum Gasteiger partial charge on any atom is -0.454 e. The molecule has 1 aliphatic carbocycles. The van der Waals surface area contributed by atoms with E-state index in [9.17, 15) is 9.59 Å². The SMILES string of the molecule is O=C(C=Cc1cnc2ccccc2n1)OCC(=O)c1ccc(C2CCCCC2)cc1. The van der Waals surface area contributed by atoms with Gasteiger partial charge in [0.15, 0.2) is 12.4 Å². The van der Waals surface area contributed by atoms with Crippen LogP contribution in [-0.2, 0) is 9.53 Å². The van der Waals surface area contributed by atoms with Gasteiger partial charge >= 0.3 is 5.97 Å². The molecule has 1 fully saturated rings. The van der Waals surface area contributed by atoms with Crippen LogP contribution in [0, 0.1) is 0 Å². The summed E-state index contributed by atoms with van der Waals surface area (Å²) in [6.07, 6.45) is 10.7. The van der Waals surface area contributed by atoms with Gasteiger partial charge in [-0.25, -0.2) is 9.78 Å². The first-order valence-electron chi connectivity index (χ1n) is 10.4. The third-order valence-electron chi connectivity index (χ3n) is 5.51. The molecule has 1 saturated carbocycles. The molecule has 30 heavy (non-hydrogen) atoms. The van der Waals surface area contributed by atoms with E-state index in [1.807, 2.05) is 48.5 Å². The number of fused-ring (bicyclic) bond motifs is 1. The Bertz CT molecular complexity index is 1070. The fraction of sp³-hybridized carbons (Fsp3) is 0.280. The summed E-state index contributed by atoms with van der Waals surface area (Å²) in [7, 11) is 0. The van der Waals surface area contributed by atoms with Crippen molar-refractivity contribution in [3.63, 3.8) is 0 Å². The van der Waals surface area contributed by atoms with Crippen molar-refractivity contribution in [3.05, 3.63) is 77.6 Å². The van der Waals surface area contributed by atoms with E-state index < -0.39 is 5.97 Å². The van der Waals surface area contributed by atoms with E-state index in [0.29, 0.717) is 17.2 Å². The molecule has 3 aromatic rings. The zero-order chi connectivity index (χ0) is 20.8. The molecule has 152 valence electrons. The fourth-order valence-corrected chi connectivity index (χ4v) is 3.85. The van der Waals surface area contributed by atoms with Crippen LogP contribution in [0.15, 0.2) is 60.8 Å². The number of hydrogen-bond donors (Lipinski definition) is 0. The lowest BCUT2D eigenvalue weighted by Gasteiger charge is -2.22. The number of rotatable bonds is 6. The zero-order valence-electron chi connectivity index (χ0n) is 16.8. The highest BCUT2D eigenvalue weighted by molar-refractivity contribution is 5.98. The van der Waals surface area contributed by atoms with Crippen molar-refractivity contribution in [2.75, 3.05) is 6.61 Å². The van der Waals surface area contributed by atoms with Crippen molar-refractivity contribution in [2.45, 2.75) is 38.0 Å². The Kier molecular flexibility index (Phi) is 6.28. The molecule has 2 aromatic carbocycles. The zero-order valence-corrected chi connectivity index (χ0v) is 16.8. The van der Waals surface area contributed by atoms with Gasteiger partial charge in [0.05, 0.1) is 22.9 Å². The number of para-hydroxylation sites is 2. The van der Waals surface area contributed by atoms with E-state index in [0.717, 1.165) is 11.0 Å². The molecule has 5 heteroatoms. The number of Topliss-reactive ketones (excluding diaryl/α,β-unsaturated/α-hetero) is 1. The molecular weight excluding hydrogens is 376 g/mol. The maximum atomic E-state index is 12.3. The highest BCUT2D eigenvalue weighted by Crippen LogP contribution is 2.32. The van der Waals surface area contributed by atoms with E-state index in [1.165, 1.54) is 49.8 Å². The van der Waals surface area contributed by atoms with Gasteiger partial charge in [-0.3, -0.25) is 9.78 Å². The Hall–Kier alpha value is -3.34. The number of esters is 1. The van der Waals surface area contributed by atoms with Crippen molar-refractivity contribution >= 4 is 28.9 Å². The largest absolute Gasteiger partial charge is 0.454 e. The molecule has 1 aromatic heterocycles. The standard InChI is InChI=1S/C25H24N2O3/c28-24(20-12-10-19(11-13-20)18-6-2-1-3-7-18)17-30-25(29)15-14-21-16-26-22-8-4-5-9-23(22)27-21/h4-5,8-16,18H,1-3,6-7,17H2. The molecule has 0 N–H and O–H groups in total. The minimum atomic E-state index is -0.586. The molecular formula is C25H24N2O3. The van der Waals surface area contributed by atoms with Crippen LogP contribution in [0.5, 0.6) is 0 Å². The number of aromatic nitrogens is 2. The van der Waals surface area contributed by atoms with E-state index in [2.05, 4.69) is 9.97 Å². The van der Waals surface area contributed by atoms with Gasteiger partial charge in [0, 0.05) is 11.6 Å². The number of carbonyl (C=O) groups is 2. The molecule has 0 amide bonds. The highest BCUT2D eigenvalue weighted by Gasteiger charge is 2.16. The molecule has 0 bridgehead atoms. The predicted molar refractivity (Wildman–Crippen MR) is 116 cm³/mol. The van der Waals surface area contributed by atoms with E-state index >= 15 is 0 Å². The van der Waals surface area contributed by atoms with Crippen molar-refractivity contribution in [3.8, 4) is 0 Å². The lowest BCUT2D eigenvalue weighted by atomic mass is 9.84. The second kappa shape index (κ2) is 9.44. The Morgan fingerprint density at radius 3 is 2.47 bits per heavy atom. The number of carbonyl (C=O) groups excluding carboxylic acids is 2. The van der Waals surface area contributed by atoms with Crippen LogP contribution in [0.25, 0.3) is 17.1 Å². The number of ketones is 1. The molecule has 0 saturated heterocycles. The van der Waals surface area contributed by atoms with Crippen LogP contribution in [0.3, 0.4) is 0 Å². The summed E-state index contributed by atoms with van der Waals surface area (Å²) in [6.45, 7) is -0.282. The van der Waals surface area contributed by atoms with Crippen molar-refractivity contribution in [2.24, 2.45) is 0 Å². The fourth-order valence-electron chi connectivity index (χ4n) is 3.85. The van der Waals surface area contributed by atoms with E-state index in [4.69, 9.17) is 4.74 Å². The van der Waals surface area contributed by atoms with Gasteiger partial charge in [0.1, 0.15) is 0 Å². The summed E-state index contributed by atoms with van der Waals surface area (Å²) in [4.78, 5) is 33.0. The summed E-state index contributed by atoms with van der Waals surface area (Å²) < 4.78 is 5.09. The second-order valence-electron chi connectivity index (χ2n) is 7.60. The first kappa shape index (κ1) is 20.0. The first-order valence-corrected chi connectivity index (χ1v) is 10.4. The van der Waals surface area contributed by atoms with Crippen LogP contribution in [0.1, 0.15) is 59.6 Å². The third kappa shape index (κ3) is 4.98. The van der Waals surface area contributed by atoms with Gasteiger partial charge in [-0.2, -0.15) is 0 Å². The van der Waals surface area contributed by atoms with Crippen molar-refractivity contribution in [1.82, 2.24) is 9.97 Å².